The van der Waals surface area contributed by atoms with Crippen molar-refractivity contribution in [2.45, 2.75) is 33.1 Å². The first-order chi connectivity index (χ1) is 11.9. The van der Waals surface area contributed by atoms with Gasteiger partial charge in [0.15, 0.2) is 6.61 Å². The summed E-state index contributed by atoms with van der Waals surface area (Å²) in [5.74, 6) is -0.747. The number of benzene rings is 1. The number of halogens is 1. The molecule has 0 fully saturated rings. The molecule has 4 nitrogen and oxygen atoms in total. The van der Waals surface area contributed by atoms with Gasteiger partial charge in [0, 0.05) is 10.6 Å². The van der Waals surface area contributed by atoms with Gasteiger partial charge in [-0.3, -0.25) is 4.79 Å². The molecule has 1 amide bonds. The second kappa shape index (κ2) is 7.35. The molecule has 3 rings (SSSR count). The number of fused-ring (bicyclic) bond motifs is 1. The number of carbonyl (C=O) groups excluding carboxylic acids is 2. The summed E-state index contributed by atoms with van der Waals surface area (Å²) < 4.78 is 18.6. The highest BCUT2D eigenvalue weighted by Gasteiger charge is 2.21. The Morgan fingerprint density at radius 3 is 2.92 bits per heavy atom. The number of amides is 1. The van der Waals surface area contributed by atoms with Gasteiger partial charge in [-0.25, -0.2) is 9.18 Å². The highest BCUT2D eigenvalue weighted by molar-refractivity contribution is 7.14. The molecule has 0 aliphatic heterocycles. The van der Waals surface area contributed by atoms with Gasteiger partial charge in [0.2, 0.25) is 0 Å². The SMILES string of the molecule is Cc1ccc(NC(=O)COC(=O)c2cc3c(s2)CC[C@H](C)C3)cc1F. The molecule has 1 aliphatic carbocycles. The van der Waals surface area contributed by atoms with Gasteiger partial charge in [-0.2, -0.15) is 0 Å². The predicted octanol–water partition coefficient (Wildman–Crippen LogP) is 4.12. The Hall–Kier alpha value is -2.21. The van der Waals surface area contributed by atoms with Crippen molar-refractivity contribution in [3.8, 4) is 0 Å². The number of hydrogen-bond acceptors (Lipinski definition) is 4. The van der Waals surface area contributed by atoms with Crippen LogP contribution in [0.5, 0.6) is 0 Å². The Morgan fingerprint density at radius 2 is 2.16 bits per heavy atom. The average Bonchev–Trinajstić information content (AvgIpc) is 2.99. The van der Waals surface area contributed by atoms with Gasteiger partial charge < -0.3 is 10.1 Å². The number of esters is 1. The Bertz CT molecular complexity index is 815. The summed E-state index contributed by atoms with van der Waals surface area (Å²) in [4.78, 5) is 25.8. The van der Waals surface area contributed by atoms with Gasteiger partial charge in [-0.05, 0) is 61.4 Å². The lowest BCUT2D eigenvalue weighted by Crippen LogP contribution is -2.20. The van der Waals surface area contributed by atoms with Gasteiger partial charge >= 0.3 is 5.97 Å². The largest absolute Gasteiger partial charge is 0.451 e. The molecule has 0 spiro atoms. The maximum Gasteiger partial charge on any atom is 0.348 e. The number of hydrogen-bond donors (Lipinski definition) is 1. The van der Waals surface area contributed by atoms with Crippen molar-refractivity contribution < 1.29 is 18.7 Å². The van der Waals surface area contributed by atoms with Crippen LogP contribution < -0.4 is 5.32 Å². The predicted molar refractivity (Wildman–Crippen MR) is 95.6 cm³/mol. The Kier molecular flexibility index (Phi) is 5.18. The zero-order valence-electron chi connectivity index (χ0n) is 14.2. The molecule has 25 heavy (non-hydrogen) atoms. The minimum Gasteiger partial charge on any atom is -0.451 e. The summed E-state index contributed by atoms with van der Waals surface area (Å²) in [6.45, 7) is 3.45. The Labute approximate surface area is 150 Å². The zero-order valence-corrected chi connectivity index (χ0v) is 15.0. The lowest BCUT2D eigenvalue weighted by atomic mass is 9.90. The van der Waals surface area contributed by atoms with E-state index in [0.29, 0.717) is 22.0 Å². The number of nitrogens with one attached hydrogen (secondary N) is 1. The van der Waals surface area contributed by atoms with Crippen LogP contribution in [-0.2, 0) is 22.4 Å². The summed E-state index contributed by atoms with van der Waals surface area (Å²) in [6.07, 6.45) is 3.12. The van der Waals surface area contributed by atoms with E-state index >= 15 is 0 Å². The van der Waals surface area contributed by atoms with E-state index in [4.69, 9.17) is 4.74 Å². The molecule has 1 aliphatic rings. The van der Waals surface area contributed by atoms with Crippen molar-refractivity contribution in [3.63, 3.8) is 0 Å². The van der Waals surface area contributed by atoms with E-state index < -0.39 is 24.3 Å². The maximum atomic E-state index is 13.5. The maximum absolute atomic E-state index is 13.5. The number of ether oxygens (including phenoxy) is 1. The third-order valence-corrected chi connectivity index (χ3v) is 5.54. The van der Waals surface area contributed by atoms with E-state index in [9.17, 15) is 14.0 Å². The number of anilines is 1. The molecule has 6 heteroatoms. The molecule has 1 N–H and O–H groups in total. The third kappa shape index (κ3) is 4.25. The number of thiophene rings is 1. The summed E-state index contributed by atoms with van der Waals surface area (Å²) in [6, 6.07) is 6.30. The fourth-order valence-electron chi connectivity index (χ4n) is 2.88. The molecular weight excluding hydrogens is 341 g/mol. The minimum atomic E-state index is -0.494. The van der Waals surface area contributed by atoms with Crippen LogP contribution in [0.15, 0.2) is 24.3 Å². The molecule has 2 aromatic rings. The summed E-state index contributed by atoms with van der Waals surface area (Å²) in [7, 11) is 0. The first-order valence-electron chi connectivity index (χ1n) is 8.27. The van der Waals surface area contributed by atoms with Crippen LogP contribution in [0.4, 0.5) is 10.1 Å². The van der Waals surface area contributed by atoms with Crippen LogP contribution in [0.2, 0.25) is 0 Å². The van der Waals surface area contributed by atoms with Gasteiger partial charge in [0.1, 0.15) is 10.7 Å². The number of carbonyl (C=O) groups is 2. The van der Waals surface area contributed by atoms with Crippen molar-refractivity contribution in [1.82, 2.24) is 0 Å². The average molecular weight is 361 g/mol. The van der Waals surface area contributed by atoms with Crippen molar-refractivity contribution in [3.05, 3.63) is 51.0 Å². The van der Waals surface area contributed by atoms with Gasteiger partial charge in [0.05, 0.1) is 0 Å². The highest BCUT2D eigenvalue weighted by Crippen LogP contribution is 2.32. The van der Waals surface area contributed by atoms with Crippen LogP contribution in [0.25, 0.3) is 0 Å². The van der Waals surface area contributed by atoms with E-state index in [2.05, 4.69) is 12.2 Å². The second-order valence-corrected chi connectivity index (χ2v) is 7.63. The van der Waals surface area contributed by atoms with E-state index in [1.165, 1.54) is 27.8 Å². The highest BCUT2D eigenvalue weighted by atomic mass is 32.1. The summed E-state index contributed by atoms with van der Waals surface area (Å²) in [5.41, 5.74) is 2.06. The molecule has 0 radical (unpaired) electrons. The smallest absolute Gasteiger partial charge is 0.348 e. The lowest BCUT2D eigenvalue weighted by molar-refractivity contribution is -0.119. The van der Waals surface area contributed by atoms with E-state index in [-0.39, 0.29) is 0 Å². The van der Waals surface area contributed by atoms with Crippen LogP contribution in [-0.4, -0.2) is 18.5 Å². The monoisotopic (exact) mass is 361 g/mol. The normalized spacial score (nSPS) is 16.2. The fraction of sp³-hybridized carbons (Fsp3) is 0.368. The molecule has 132 valence electrons. The summed E-state index contributed by atoms with van der Waals surface area (Å²) in [5, 5.41) is 2.52. The van der Waals surface area contributed by atoms with Crippen LogP contribution in [0.1, 0.15) is 39.0 Å². The number of rotatable bonds is 4. The molecule has 1 aromatic carbocycles. The van der Waals surface area contributed by atoms with Gasteiger partial charge in [0.25, 0.3) is 5.91 Å². The fourth-order valence-corrected chi connectivity index (χ4v) is 3.98. The molecule has 0 saturated carbocycles. The molecule has 0 unspecified atom stereocenters. The van der Waals surface area contributed by atoms with E-state index in [1.807, 2.05) is 6.07 Å². The molecular formula is C19H20FNO3S. The topological polar surface area (TPSA) is 55.4 Å². The third-order valence-electron chi connectivity index (χ3n) is 4.32. The van der Waals surface area contributed by atoms with Gasteiger partial charge in [-0.1, -0.05) is 13.0 Å². The lowest BCUT2D eigenvalue weighted by Gasteiger charge is -2.16. The Morgan fingerprint density at radius 1 is 1.36 bits per heavy atom. The van der Waals surface area contributed by atoms with Crippen molar-refractivity contribution in [1.29, 1.82) is 0 Å². The molecule has 1 aromatic heterocycles. The quantitative estimate of drug-likeness (QED) is 0.834. The minimum absolute atomic E-state index is 0.338. The van der Waals surface area contributed by atoms with Crippen molar-refractivity contribution in [2.75, 3.05) is 11.9 Å². The molecule has 0 bridgehead atoms. The van der Waals surface area contributed by atoms with Crippen LogP contribution >= 0.6 is 11.3 Å². The number of aryl methyl sites for hydroxylation is 2. The zero-order chi connectivity index (χ0) is 18.0. The molecule has 0 saturated heterocycles. The van der Waals surface area contributed by atoms with E-state index in [1.54, 1.807) is 19.1 Å². The standard InChI is InChI=1S/C19H20FNO3S/c1-11-3-6-16-13(7-11)8-17(25-16)19(23)24-10-18(22)21-14-5-4-12(2)15(20)9-14/h4-5,8-9,11H,3,6-7,10H2,1-2H3,(H,21,22)/t11-/m0/s1. The van der Waals surface area contributed by atoms with E-state index in [0.717, 1.165) is 19.3 Å². The second-order valence-electron chi connectivity index (χ2n) is 6.50. The molecule has 1 heterocycles. The summed E-state index contributed by atoms with van der Waals surface area (Å²) >= 11 is 1.45. The Balaban J connectivity index is 1.55. The van der Waals surface area contributed by atoms with Crippen molar-refractivity contribution in [2.24, 2.45) is 5.92 Å². The molecule has 1 atom stereocenters. The van der Waals surface area contributed by atoms with Gasteiger partial charge in [-0.15, -0.1) is 11.3 Å². The first-order valence-corrected chi connectivity index (χ1v) is 9.08. The van der Waals surface area contributed by atoms with Crippen LogP contribution in [0.3, 0.4) is 0 Å². The van der Waals surface area contributed by atoms with Crippen molar-refractivity contribution >= 4 is 28.9 Å². The first kappa shape index (κ1) is 17.6. The van der Waals surface area contributed by atoms with Crippen LogP contribution in [0, 0.1) is 18.7 Å².